The number of carbonyl (C=O) groups excluding carboxylic acids is 1. The highest BCUT2D eigenvalue weighted by Gasteiger charge is 2.16. The summed E-state index contributed by atoms with van der Waals surface area (Å²) in [5.41, 5.74) is 1.02. The summed E-state index contributed by atoms with van der Waals surface area (Å²) >= 11 is 6.01. The average Bonchev–Trinajstić information content (AvgIpc) is 3.20. The van der Waals surface area contributed by atoms with Crippen LogP contribution < -0.4 is 5.32 Å². The summed E-state index contributed by atoms with van der Waals surface area (Å²) in [6.07, 6.45) is 5.20. The van der Waals surface area contributed by atoms with E-state index in [0.29, 0.717) is 23.9 Å². The molecule has 0 saturated carbocycles. The molecular formula is C17H18ClN5O. The summed E-state index contributed by atoms with van der Waals surface area (Å²) in [5, 5.41) is 12.0. The fourth-order valence-corrected chi connectivity index (χ4v) is 2.61. The normalized spacial score (nSPS) is 12.1. The van der Waals surface area contributed by atoms with Crippen molar-refractivity contribution in [3.63, 3.8) is 0 Å². The van der Waals surface area contributed by atoms with Crippen molar-refractivity contribution in [1.82, 2.24) is 19.6 Å². The van der Waals surface area contributed by atoms with Gasteiger partial charge in [0, 0.05) is 23.5 Å². The Morgan fingerprint density at radius 1 is 1.25 bits per heavy atom. The Kier molecular flexibility index (Phi) is 4.96. The Hall–Kier alpha value is -2.60. The van der Waals surface area contributed by atoms with Gasteiger partial charge in [-0.15, -0.1) is 0 Å². The molecule has 0 aliphatic heterocycles. The summed E-state index contributed by atoms with van der Waals surface area (Å²) < 4.78 is 3.48. The number of nitrogens with one attached hydrogen (secondary N) is 1. The van der Waals surface area contributed by atoms with E-state index >= 15 is 0 Å². The van der Waals surface area contributed by atoms with Crippen LogP contribution in [0.15, 0.2) is 55.0 Å². The molecule has 0 spiro atoms. The molecule has 3 aromatic rings. The Bertz CT molecular complexity index is 812. The largest absolute Gasteiger partial charge is 0.311 e. The maximum Gasteiger partial charge on any atom is 0.230 e. The number of rotatable bonds is 6. The van der Waals surface area contributed by atoms with Crippen molar-refractivity contribution in [2.75, 3.05) is 5.32 Å². The lowest BCUT2D eigenvalue weighted by Gasteiger charge is -2.13. The second-order valence-electron chi connectivity index (χ2n) is 5.62. The first-order valence-electron chi connectivity index (χ1n) is 7.66. The van der Waals surface area contributed by atoms with Gasteiger partial charge in [0.15, 0.2) is 0 Å². The molecule has 6 nitrogen and oxygen atoms in total. The highest BCUT2D eigenvalue weighted by molar-refractivity contribution is 6.30. The first kappa shape index (κ1) is 16.3. The van der Waals surface area contributed by atoms with Crippen molar-refractivity contribution in [3.05, 3.63) is 65.6 Å². The van der Waals surface area contributed by atoms with Gasteiger partial charge in [0.25, 0.3) is 0 Å². The molecule has 0 saturated heterocycles. The first-order chi connectivity index (χ1) is 11.6. The summed E-state index contributed by atoms with van der Waals surface area (Å²) in [4.78, 5) is 12.4. The predicted octanol–water partition coefficient (Wildman–Crippen LogP) is 3.06. The van der Waals surface area contributed by atoms with E-state index in [2.05, 4.69) is 15.5 Å². The number of hydrogen-bond acceptors (Lipinski definition) is 3. The second kappa shape index (κ2) is 7.31. The molecule has 0 aliphatic carbocycles. The van der Waals surface area contributed by atoms with Gasteiger partial charge in [0.05, 0.1) is 25.2 Å². The van der Waals surface area contributed by atoms with Gasteiger partial charge in [-0.05, 0) is 23.8 Å². The molecule has 2 heterocycles. The van der Waals surface area contributed by atoms with Crippen LogP contribution in [0, 0.1) is 5.92 Å². The molecule has 0 aliphatic rings. The molecule has 0 fully saturated rings. The van der Waals surface area contributed by atoms with Gasteiger partial charge in [0.1, 0.15) is 5.82 Å². The van der Waals surface area contributed by atoms with E-state index in [4.69, 9.17) is 11.6 Å². The highest BCUT2D eigenvalue weighted by Crippen LogP contribution is 2.15. The maximum atomic E-state index is 12.4. The fourth-order valence-electron chi connectivity index (χ4n) is 2.39. The number of aromatic nitrogens is 4. The van der Waals surface area contributed by atoms with Crippen LogP contribution in [0.25, 0.3) is 0 Å². The van der Waals surface area contributed by atoms with Crippen LogP contribution in [0.1, 0.15) is 12.5 Å². The minimum Gasteiger partial charge on any atom is -0.311 e. The van der Waals surface area contributed by atoms with Gasteiger partial charge in [-0.1, -0.05) is 30.7 Å². The van der Waals surface area contributed by atoms with Gasteiger partial charge >= 0.3 is 0 Å². The Morgan fingerprint density at radius 3 is 2.88 bits per heavy atom. The zero-order valence-electron chi connectivity index (χ0n) is 13.3. The molecule has 1 unspecified atom stereocenters. The highest BCUT2D eigenvalue weighted by atomic mass is 35.5. The number of anilines is 1. The van der Waals surface area contributed by atoms with Crippen LogP contribution in [0.4, 0.5) is 5.82 Å². The fraction of sp³-hybridized carbons (Fsp3) is 0.235. The Balaban J connectivity index is 1.65. The van der Waals surface area contributed by atoms with E-state index < -0.39 is 0 Å². The summed E-state index contributed by atoms with van der Waals surface area (Å²) in [6.45, 7) is 2.94. The third-order valence-electron chi connectivity index (χ3n) is 3.66. The zero-order valence-corrected chi connectivity index (χ0v) is 14.0. The lowest BCUT2D eigenvalue weighted by molar-refractivity contribution is -0.119. The monoisotopic (exact) mass is 343 g/mol. The number of amides is 1. The van der Waals surface area contributed by atoms with E-state index in [1.807, 2.05) is 43.5 Å². The van der Waals surface area contributed by atoms with Crippen LogP contribution in [0.3, 0.4) is 0 Å². The first-order valence-corrected chi connectivity index (χ1v) is 8.04. The molecule has 1 aromatic carbocycles. The van der Waals surface area contributed by atoms with E-state index in [1.165, 1.54) is 0 Å². The number of carbonyl (C=O) groups is 1. The lowest BCUT2D eigenvalue weighted by Crippen LogP contribution is -2.26. The van der Waals surface area contributed by atoms with Gasteiger partial charge < -0.3 is 5.32 Å². The van der Waals surface area contributed by atoms with Crippen LogP contribution in [-0.2, 0) is 17.9 Å². The molecule has 1 amide bonds. The van der Waals surface area contributed by atoms with Crippen molar-refractivity contribution in [2.24, 2.45) is 5.92 Å². The van der Waals surface area contributed by atoms with Crippen LogP contribution in [0.2, 0.25) is 5.02 Å². The number of hydrogen-bond donors (Lipinski definition) is 1. The predicted molar refractivity (Wildman–Crippen MR) is 92.8 cm³/mol. The molecule has 2 aromatic heterocycles. The van der Waals surface area contributed by atoms with Crippen molar-refractivity contribution >= 4 is 23.3 Å². The second-order valence-corrected chi connectivity index (χ2v) is 6.06. The lowest BCUT2D eigenvalue weighted by atomic mass is 10.1. The average molecular weight is 344 g/mol. The topological polar surface area (TPSA) is 64.7 Å². The molecule has 7 heteroatoms. The van der Waals surface area contributed by atoms with Gasteiger partial charge in [-0.3, -0.25) is 9.48 Å². The molecule has 1 atom stereocenters. The van der Waals surface area contributed by atoms with E-state index in [-0.39, 0.29) is 11.8 Å². The van der Waals surface area contributed by atoms with Crippen LogP contribution in [-0.4, -0.2) is 25.5 Å². The third kappa shape index (κ3) is 4.02. The number of benzene rings is 1. The third-order valence-corrected chi connectivity index (χ3v) is 3.89. The smallest absolute Gasteiger partial charge is 0.230 e. The van der Waals surface area contributed by atoms with Crippen LogP contribution in [0.5, 0.6) is 0 Å². The van der Waals surface area contributed by atoms with Gasteiger partial charge in [0.2, 0.25) is 5.91 Å². The molecular weight excluding hydrogens is 326 g/mol. The zero-order chi connectivity index (χ0) is 16.9. The quantitative estimate of drug-likeness (QED) is 0.748. The molecule has 0 bridgehead atoms. The summed E-state index contributed by atoms with van der Waals surface area (Å²) in [5.74, 6) is 0.380. The molecule has 1 N–H and O–H groups in total. The summed E-state index contributed by atoms with van der Waals surface area (Å²) in [7, 11) is 0. The minimum atomic E-state index is -0.209. The minimum absolute atomic E-state index is 0.0710. The van der Waals surface area contributed by atoms with Gasteiger partial charge in [-0.25, -0.2) is 4.68 Å². The maximum absolute atomic E-state index is 12.4. The van der Waals surface area contributed by atoms with Gasteiger partial charge in [-0.2, -0.15) is 10.2 Å². The van der Waals surface area contributed by atoms with E-state index in [9.17, 15) is 4.79 Å². The Morgan fingerprint density at radius 2 is 2.12 bits per heavy atom. The number of nitrogens with zero attached hydrogens (tertiary/aromatic N) is 4. The van der Waals surface area contributed by atoms with Crippen LogP contribution >= 0.6 is 11.6 Å². The molecule has 3 rings (SSSR count). The van der Waals surface area contributed by atoms with E-state index in [0.717, 1.165) is 5.56 Å². The van der Waals surface area contributed by atoms with E-state index in [1.54, 1.807) is 27.8 Å². The molecule has 124 valence electrons. The molecule has 0 radical (unpaired) electrons. The summed E-state index contributed by atoms with van der Waals surface area (Å²) in [6, 6.07) is 11.2. The SMILES string of the molecule is CC(Cn1cccn1)C(=O)Nc1ccnn1Cc1cccc(Cl)c1. The van der Waals surface area contributed by atoms with Crippen molar-refractivity contribution < 1.29 is 4.79 Å². The standard InChI is InChI=1S/C17H18ClN5O/c1-13(11-22-9-3-7-19-22)17(24)21-16-6-8-20-23(16)12-14-4-2-5-15(18)10-14/h2-10,13H,11-12H2,1H3,(H,21,24). The van der Waals surface area contributed by atoms with Crippen molar-refractivity contribution in [3.8, 4) is 0 Å². The van der Waals surface area contributed by atoms with Crippen molar-refractivity contribution in [1.29, 1.82) is 0 Å². The molecule has 24 heavy (non-hydrogen) atoms. The van der Waals surface area contributed by atoms with Crippen molar-refractivity contribution in [2.45, 2.75) is 20.0 Å². The number of halogens is 1. The Labute approximate surface area is 145 Å².